The molecule has 0 aliphatic carbocycles. The van der Waals surface area contributed by atoms with Crippen molar-refractivity contribution in [1.29, 1.82) is 5.26 Å². The van der Waals surface area contributed by atoms with Crippen LogP contribution < -0.4 is 9.47 Å². The molecule has 0 spiro atoms. The van der Waals surface area contributed by atoms with Crippen molar-refractivity contribution in [3.63, 3.8) is 0 Å². The summed E-state index contributed by atoms with van der Waals surface area (Å²) in [6.45, 7) is 6.43. The van der Waals surface area contributed by atoms with E-state index in [0.717, 1.165) is 16.1 Å². The number of ether oxygens (including phenoxy) is 2. The molecule has 1 aromatic carbocycles. The predicted molar refractivity (Wildman–Crippen MR) is 112 cm³/mol. The zero-order chi connectivity index (χ0) is 19.2. The fourth-order valence-corrected chi connectivity index (χ4v) is 4.02. The number of rotatable bonds is 7. The van der Waals surface area contributed by atoms with Crippen LogP contribution in [0.1, 0.15) is 31.3 Å². The molecule has 0 unspecified atom stereocenters. The predicted octanol–water partition coefficient (Wildman–Crippen LogP) is 6.12. The van der Waals surface area contributed by atoms with Gasteiger partial charge < -0.3 is 9.47 Å². The van der Waals surface area contributed by atoms with Crippen LogP contribution in [0.3, 0.4) is 0 Å². The third-order valence-electron chi connectivity index (χ3n) is 3.57. The summed E-state index contributed by atoms with van der Waals surface area (Å²) in [5, 5.41) is 14.3. The molecule has 0 amide bonds. The lowest BCUT2D eigenvalue weighted by atomic mass is 10.1. The largest absolute Gasteiger partial charge is 0.490 e. The molecule has 0 aliphatic heterocycles. The highest BCUT2D eigenvalue weighted by Crippen LogP contribution is 2.32. The number of nitrogens with zero attached hydrogens (tertiary/aromatic N) is 2. The van der Waals surface area contributed by atoms with Crippen molar-refractivity contribution in [3.8, 4) is 28.1 Å². The first-order valence-electron chi connectivity index (χ1n) is 8.65. The van der Waals surface area contributed by atoms with E-state index in [0.29, 0.717) is 28.7 Å². The standard InChI is InChI=1S/C21H20N2O2S2/c1-4-24-19-11-15(7-8-18(19)25-14(2)3)10-16(12-22)21-23-17(13-27-21)20-6-5-9-26-20/h5-11,13-14H,4H2,1-3H3/b16-10-. The Morgan fingerprint density at radius 2 is 2.11 bits per heavy atom. The molecule has 6 heteroatoms. The smallest absolute Gasteiger partial charge is 0.161 e. The maximum absolute atomic E-state index is 9.62. The Balaban J connectivity index is 1.91. The van der Waals surface area contributed by atoms with E-state index in [1.807, 2.05) is 67.9 Å². The highest BCUT2D eigenvalue weighted by atomic mass is 32.1. The van der Waals surface area contributed by atoms with Gasteiger partial charge in [0.2, 0.25) is 0 Å². The third kappa shape index (κ3) is 4.76. The van der Waals surface area contributed by atoms with Crippen molar-refractivity contribution in [1.82, 2.24) is 4.98 Å². The Labute approximate surface area is 167 Å². The molecule has 3 aromatic rings. The minimum atomic E-state index is 0.0614. The summed E-state index contributed by atoms with van der Waals surface area (Å²) >= 11 is 3.11. The van der Waals surface area contributed by atoms with Gasteiger partial charge in [0.25, 0.3) is 0 Å². The summed E-state index contributed by atoms with van der Waals surface area (Å²) < 4.78 is 11.5. The molecule has 0 N–H and O–H groups in total. The summed E-state index contributed by atoms with van der Waals surface area (Å²) in [6.07, 6.45) is 1.89. The zero-order valence-corrected chi connectivity index (χ0v) is 17.1. The maximum atomic E-state index is 9.62. The second kappa shape index (κ2) is 8.85. The highest BCUT2D eigenvalue weighted by Gasteiger charge is 2.12. The number of allylic oxidation sites excluding steroid dienone is 1. The van der Waals surface area contributed by atoms with E-state index < -0.39 is 0 Å². The normalized spacial score (nSPS) is 11.4. The SMILES string of the molecule is CCOc1cc(/C=C(/C#N)c2nc(-c3cccs3)cs2)ccc1OC(C)C. The molecule has 0 aliphatic rings. The maximum Gasteiger partial charge on any atom is 0.161 e. The van der Waals surface area contributed by atoms with E-state index in [2.05, 4.69) is 11.1 Å². The van der Waals surface area contributed by atoms with Gasteiger partial charge in [-0.15, -0.1) is 22.7 Å². The molecular weight excluding hydrogens is 376 g/mol. The van der Waals surface area contributed by atoms with Crippen LogP contribution in [0.15, 0.2) is 41.1 Å². The Kier molecular flexibility index (Phi) is 6.28. The van der Waals surface area contributed by atoms with Crippen LogP contribution in [0.2, 0.25) is 0 Å². The third-order valence-corrected chi connectivity index (χ3v) is 5.34. The molecule has 0 atom stereocenters. The Bertz CT molecular complexity index is 966. The first-order valence-corrected chi connectivity index (χ1v) is 10.4. The number of nitriles is 1. The quantitative estimate of drug-likeness (QED) is 0.451. The van der Waals surface area contributed by atoms with Crippen LogP contribution in [0, 0.1) is 11.3 Å². The molecule has 27 heavy (non-hydrogen) atoms. The number of benzene rings is 1. The first-order chi connectivity index (χ1) is 13.1. The van der Waals surface area contributed by atoms with Gasteiger partial charge in [0.1, 0.15) is 11.1 Å². The molecular formula is C21H20N2O2S2. The van der Waals surface area contributed by atoms with Crippen molar-refractivity contribution in [2.45, 2.75) is 26.9 Å². The van der Waals surface area contributed by atoms with Gasteiger partial charge in [0.05, 0.1) is 28.9 Å². The van der Waals surface area contributed by atoms with E-state index in [4.69, 9.17) is 9.47 Å². The second-order valence-electron chi connectivity index (χ2n) is 5.99. The lowest BCUT2D eigenvalue weighted by Crippen LogP contribution is -2.07. The summed E-state index contributed by atoms with van der Waals surface area (Å²) in [6, 6.07) is 12.0. The number of thiophene rings is 1. The monoisotopic (exact) mass is 396 g/mol. The van der Waals surface area contributed by atoms with Crippen molar-refractivity contribution in [2.75, 3.05) is 6.61 Å². The summed E-state index contributed by atoms with van der Waals surface area (Å²) in [4.78, 5) is 5.72. The zero-order valence-electron chi connectivity index (χ0n) is 15.4. The van der Waals surface area contributed by atoms with Gasteiger partial charge in [-0.25, -0.2) is 4.98 Å². The number of hydrogen-bond donors (Lipinski definition) is 0. The van der Waals surface area contributed by atoms with Gasteiger partial charge in [-0.1, -0.05) is 12.1 Å². The Morgan fingerprint density at radius 3 is 2.78 bits per heavy atom. The van der Waals surface area contributed by atoms with Gasteiger partial charge in [-0.05, 0) is 56.0 Å². The van der Waals surface area contributed by atoms with Crippen LogP contribution in [0.4, 0.5) is 0 Å². The van der Waals surface area contributed by atoms with Crippen molar-refractivity contribution < 1.29 is 9.47 Å². The topological polar surface area (TPSA) is 55.1 Å². The molecule has 2 heterocycles. The van der Waals surface area contributed by atoms with Crippen LogP contribution in [0.5, 0.6) is 11.5 Å². The van der Waals surface area contributed by atoms with Gasteiger partial charge in [-0.2, -0.15) is 5.26 Å². The van der Waals surface area contributed by atoms with Gasteiger partial charge in [0, 0.05) is 5.38 Å². The number of thiazole rings is 1. The van der Waals surface area contributed by atoms with Gasteiger partial charge >= 0.3 is 0 Å². The minimum absolute atomic E-state index is 0.0614. The van der Waals surface area contributed by atoms with Crippen molar-refractivity contribution in [2.24, 2.45) is 0 Å². The average Bonchev–Trinajstić information content (AvgIpc) is 3.33. The Hall–Kier alpha value is -2.62. The summed E-state index contributed by atoms with van der Waals surface area (Å²) in [7, 11) is 0. The first kappa shape index (κ1) is 19.2. The van der Waals surface area contributed by atoms with E-state index in [1.54, 1.807) is 11.3 Å². The molecule has 0 saturated heterocycles. The van der Waals surface area contributed by atoms with E-state index in [1.165, 1.54) is 11.3 Å². The van der Waals surface area contributed by atoms with E-state index in [9.17, 15) is 5.26 Å². The minimum Gasteiger partial charge on any atom is -0.490 e. The van der Waals surface area contributed by atoms with Crippen LogP contribution in [-0.2, 0) is 0 Å². The van der Waals surface area contributed by atoms with Gasteiger partial charge in [0.15, 0.2) is 11.5 Å². The second-order valence-corrected chi connectivity index (χ2v) is 7.80. The molecule has 3 rings (SSSR count). The number of hydrogen-bond acceptors (Lipinski definition) is 6. The molecule has 4 nitrogen and oxygen atoms in total. The molecule has 0 fully saturated rings. The van der Waals surface area contributed by atoms with E-state index in [-0.39, 0.29) is 6.10 Å². The van der Waals surface area contributed by atoms with Crippen molar-refractivity contribution >= 4 is 34.3 Å². The molecule has 138 valence electrons. The summed E-state index contributed by atoms with van der Waals surface area (Å²) in [5.74, 6) is 1.38. The van der Waals surface area contributed by atoms with Crippen LogP contribution >= 0.6 is 22.7 Å². The highest BCUT2D eigenvalue weighted by molar-refractivity contribution is 7.14. The fourth-order valence-electron chi connectivity index (χ4n) is 2.48. The fraction of sp³-hybridized carbons (Fsp3) is 0.238. The average molecular weight is 397 g/mol. The number of aromatic nitrogens is 1. The lowest BCUT2D eigenvalue weighted by Gasteiger charge is -2.15. The van der Waals surface area contributed by atoms with Crippen LogP contribution in [-0.4, -0.2) is 17.7 Å². The van der Waals surface area contributed by atoms with Crippen molar-refractivity contribution in [3.05, 3.63) is 51.7 Å². The molecule has 0 saturated carbocycles. The lowest BCUT2D eigenvalue weighted by molar-refractivity contribution is 0.224. The van der Waals surface area contributed by atoms with Crippen LogP contribution in [0.25, 0.3) is 22.2 Å². The Morgan fingerprint density at radius 1 is 1.26 bits per heavy atom. The van der Waals surface area contributed by atoms with E-state index >= 15 is 0 Å². The summed E-state index contributed by atoms with van der Waals surface area (Å²) in [5.41, 5.74) is 2.31. The molecule has 0 radical (unpaired) electrons. The molecule has 0 bridgehead atoms. The van der Waals surface area contributed by atoms with Gasteiger partial charge in [-0.3, -0.25) is 0 Å². The molecule has 2 aromatic heterocycles.